The van der Waals surface area contributed by atoms with Crippen LogP contribution < -0.4 is 17.0 Å². The number of rotatable bonds is 22. The summed E-state index contributed by atoms with van der Waals surface area (Å²) in [6.07, 6.45) is 30.5. The normalized spacial score (nSPS) is 12.7. The van der Waals surface area contributed by atoms with Crippen molar-refractivity contribution < 1.29 is 21.5 Å². The highest BCUT2D eigenvalue weighted by molar-refractivity contribution is 4.60. The predicted octanol–water partition coefficient (Wildman–Crippen LogP) is 6.30. The summed E-state index contributed by atoms with van der Waals surface area (Å²) in [6.45, 7) is 4.61. The van der Waals surface area contributed by atoms with Gasteiger partial charge in [-0.2, -0.15) is 0 Å². The highest BCUT2D eigenvalue weighted by atomic mass is 79.9. The maximum absolute atomic E-state index is 2.40. The van der Waals surface area contributed by atoms with Gasteiger partial charge in [0.25, 0.3) is 0 Å². The summed E-state index contributed by atoms with van der Waals surface area (Å²) in [5.41, 5.74) is 0. The van der Waals surface area contributed by atoms with Crippen LogP contribution in [0.4, 0.5) is 0 Å². The smallest absolute Gasteiger partial charge is 0.0884 e. The summed E-state index contributed by atoms with van der Waals surface area (Å²) in [4.78, 5) is 0. The molecule has 0 aliphatic carbocycles. The Balaban J connectivity index is 0. The number of unbranched alkanes of at least 4 members (excludes halogenated alkanes) is 17. The molecule has 178 valence electrons. The molecular formula is C27H58BrN. The van der Waals surface area contributed by atoms with Crippen molar-refractivity contribution in [2.24, 2.45) is 0 Å². The molecule has 0 amide bonds. The Bertz CT molecular complexity index is 297. The van der Waals surface area contributed by atoms with Gasteiger partial charge >= 0.3 is 0 Å². The van der Waals surface area contributed by atoms with E-state index in [-0.39, 0.29) is 17.0 Å². The number of hydrogen-bond donors (Lipinski definition) is 0. The van der Waals surface area contributed by atoms with E-state index in [0.717, 1.165) is 10.5 Å². The van der Waals surface area contributed by atoms with Crippen LogP contribution in [-0.4, -0.2) is 31.7 Å². The van der Waals surface area contributed by atoms with Crippen molar-refractivity contribution in [3.05, 3.63) is 0 Å². The Morgan fingerprint density at radius 3 is 0.897 bits per heavy atom. The first kappa shape index (κ1) is 31.6. The first-order valence-electron chi connectivity index (χ1n) is 13.3. The Morgan fingerprint density at radius 2 is 0.655 bits per heavy atom. The van der Waals surface area contributed by atoms with E-state index in [0.29, 0.717) is 0 Å². The third kappa shape index (κ3) is 22.9. The predicted molar refractivity (Wildman–Crippen MR) is 130 cm³/mol. The molecule has 0 bridgehead atoms. The van der Waals surface area contributed by atoms with Crippen LogP contribution in [0.15, 0.2) is 0 Å². The molecule has 0 aliphatic heterocycles. The molecule has 29 heavy (non-hydrogen) atoms. The van der Waals surface area contributed by atoms with Crippen molar-refractivity contribution in [1.82, 2.24) is 0 Å². The fraction of sp³-hybridized carbons (Fsp3) is 1.00. The average molecular weight is 477 g/mol. The number of nitrogens with zero attached hydrogens (tertiary/aromatic N) is 1. The quantitative estimate of drug-likeness (QED) is 0.127. The van der Waals surface area contributed by atoms with E-state index in [2.05, 4.69) is 35.0 Å². The molecule has 2 heteroatoms. The summed E-state index contributed by atoms with van der Waals surface area (Å²) >= 11 is 0. The largest absolute Gasteiger partial charge is 1.00 e. The highest BCUT2D eigenvalue weighted by Crippen LogP contribution is 2.20. The van der Waals surface area contributed by atoms with Crippen molar-refractivity contribution in [1.29, 1.82) is 0 Å². The molecule has 0 aromatic carbocycles. The third-order valence-corrected chi connectivity index (χ3v) is 6.63. The summed E-state index contributed by atoms with van der Waals surface area (Å²) in [5.74, 6) is 0. The second-order valence-corrected chi connectivity index (χ2v) is 10.4. The van der Waals surface area contributed by atoms with Gasteiger partial charge in [0.15, 0.2) is 0 Å². The van der Waals surface area contributed by atoms with Gasteiger partial charge in [-0.3, -0.25) is 0 Å². The summed E-state index contributed by atoms with van der Waals surface area (Å²) in [7, 11) is 7.21. The van der Waals surface area contributed by atoms with Crippen molar-refractivity contribution in [2.75, 3.05) is 21.1 Å². The van der Waals surface area contributed by atoms with Gasteiger partial charge < -0.3 is 21.5 Å². The number of quaternary nitrogens is 1. The van der Waals surface area contributed by atoms with Gasteiger partial charge in [-0.1, -0.05) is 123 Å². The maximum Gasteiger partial charge on any atom is 0.0884 e. The standard InChI is InChI=1S/C27H58N.BrH/c1-6-8-10-12-13-14-15-16-17-18-19-20-22-24-26-27(28(3,4)5)25-23-21-11-9-7-2;/h27H,6-26H2,1-5H3;1H/q+1;/p-1. The Labute approximate surface area is 197 Å². The average Bonchev–Trinajstić information content (AvgIpc) is 2.65. The van der Waals surface area contributed by atoms with Crippen LogP contribution in [-0.2, 0) is 0 Å². The van der Waals surface area contributed by atoms with Crippen LogP contribution in [0.1, 0.15) is 149 Å². The van der Waals surface area contributed by atoms with E-state index >= 15 is 0 Å². The SMILES string of the molecule is CCCCCCCCCCCCCCCCC(CCCCCCC)[N+](C)(C)C.[Br-]. The van der Waals surface area contributed by atoms with E-state index in [1.165, 1.54) is 135 Å². The van der Waals surface area contributed by atoms with Gasteiger partial charge in [0.1, 0.15) is 0 Å². The lowest BCUT2D eigenvalue weighted by Crippen LogP contribution is -3.00. The van der Waals surface area contributed by atoms with Crippen LogP contribution in [0.2, 0.25) is 0 Å². The highest BCUT2D eigenvalue weighted by Gasteiger charge is 2.22. The third-order valence-electron chi connectivity index (χ3n) is 6.63. The fourth-order valence-corrected chi connectivity index (χ4v) is 4.48. The van der Waals surface area contributed by atoms with Gasteiger partial charge in [0.2, 0.25) is 0 Å². The van der Waals surface area contributed by atoms with Crippen molar-refractivity contribution in [3.8, 4) is 0 Å². The van der Waals surface area contributed by atoms with E-state index in [1.807, 2.05) is 0 Å². The van der Waals surface area contributed by atoms with Gasteiger partial charge in [-0.15, -0.1) is 0 Å². The molecule has 1 nitrogen and oxygen atoms in total. The Morgan fingerprint density at radius 1 is 0.414 bits per heavy atom. The molecule has 0 saturated heterocycles. The van der Waals surface area contributed by atoms with Crippen molar-refractivity contribution >= 4 is 0 Å². The summed E-state index contributed by atoms with van der Waals surface area (Å²) in [6, 6.07) is 0.874. The van der Waals surface area contributed by atoms with E-state index < -0.39 is 0 Å². The van der Waals surface area contributed by atoms with Crippen LogP contribution in [0.5, 0.6) is 0 Å². The molecule has 0 radical (unpaired) electrons. The zero-order chi connectivity index (χ0) is 20.9. The number of hydrogen-bond acceptors (Lipinski definition) is 0. The molecule has 1 unspecified atom stereocenters. The molecule has 0 aromatic rings. The minimum Gasteiger partial charge on any atom is -1.00 e. The lowest BCUT2D eigenvalue weighted by Gasteiger charge is -2.34. The first-order chi connectivity index (χ1) is 13.5. The topological polar surface area (TPSA) is 0 Å². The van der Waals surface area contributed by atoms with Gasteiger partial charge in [-0.05, 0) is 25.7 Å². The van der Waals surface area contributed by atoms with E-state index in [1.54, 1.807) is 0 Å². The second-order valence-electron chi connectivity index (χ2n) is 10.4. The molecule has 0 fully saturated rings. The fourth-order valence-electron chi connectivity index (χ4n) is 4.48. The molecule has 0 saturated carbocycles. The van der Waals surface area contributed by atoms with Crippen LogP contribution >= 0.6 is 0 Å². The van der Waals surface area contributed by atoms with Crippen LogP contribution in [0.25, 0.3) is 0 Å². The minimum absolute atomic E-state index is 0. The molecule has 0 aliphatic rings. The molecule has 0 heterocycles. The van der Waals surface area contributed by atoms with E-state index in [4.69, 9.17) is 0 Å². The monoisotopic (exact) mass is 475 g/mol. The second kappa shape index (κ2) is 23.1. The maximum atomic E-state index is 2.40. The molecule has 0 rings (SSSR count). The summed E-state index contributed by atoms with van der Waals surface area (Å²) in [5, 5.41) is 0. The lowest BCUT2D eigenvalue weighted by molar-refractivity contribution is -0.896. The first-order valence-corrected chi connectivity index (χ1v) is 13.3. The number of halogens is 1. The van der Waals surface area contributed by atoms with Gasteiger partial charge in [0.05, 0.1) is 27.2 Å². The van der Waals surface area contributed by atoms with E-state index in [9.17, 15) is 0 Å². The molecule has 1 atom stereocenters. The zero-order valence-corrected chi connectivity index (χ0v) is 22.8. The molecule has 0 N–H and O–H groups in total. The van der Waals surface area contributed by atoms with Crippen molar-refractivity contribution in [2.45, 2.75) is 155 Å². The Hall–Kier alpha value is 0.440. The zero-order valence-electron chi connectivity index (χ0n) is 21.3. The van der Waals surface area contributed by atoms with Crippen molar-refractivity contribution in [3.63, 3.8) is 0 Å². The lowest BCUT2D eigenvalue weighted by atomic mass is 9.98. The minimum atomic E-state index is 0. The Kier molecular flexibility index (Phi) is 25.2. The summed E-state index contributed by atoms with van der Waals surface area (Å²) < 4.78 is 1.16. The molecular weight excluding hydrogens is 418 g/mol. The van der Waals surface area contributed by atoms with Crippen LogP contribution in [0, 0.1) is 0 Å². The van der Waals surface area contributed by atoms with Gasteiger partial charge in [0, 0.05) is 0 Å². The molecule has 0 spiro atoms. The molecule has 0 aromatic heterocycles. The van der Waals surface area contributed by atoms with Gasteiger partial charge in [-0.25, -0.2) is 0 Å². The van der Waals surface area contributed by atoms with Crippen LogP contribution in [0.3, 0.4) is 0 Å².